The fourth-order valence-electron chi connectivity index (χ4n) is 2.08. The summed E-state index contributed by atoms with van der Waals surface area (Å²) in [5, 5.41) is 18.1. The quantitative estimate of drug-likeness (QED) is 0.815. The minimum atomic E-state index is 0.0549. The molecule has 0 fully saturated rings. The minimum absolute atomic E-state index is 0.0549. The Kier molecular flexibility index (Phi) is 4.65. The van der Waals surface area contributed by atoms with Crippen LogP contribution in [0.25, 0.3) is 11.0 Å². The van der Waals surface area contributed by atoms with Gasteiger partial charge in [-0.1, -0.05) is 12.1 Å². The number of aliphatic hydroxyl groups excluding tert-OH is 2. The highest BCUT2D eigenvalue weighted by atomic mass is 16.3. The zero-order valence-electron chi connectivity index (χ0n) is 11.1. The lowest BCUT2D eigenvalue weighted by molar-refractivity contribution is 0.281. The Morgan fingerprint density at radius 2 is 1.68 bits per heavy atom. The van der Waals surface area contributed by atoms with Gasteiger partial charge in [0.05, 0.1) is 23.3 Å². The number of rotatable bonds is 6. The normalized spacial score (nSPS) is 10.9. The first-order valence-electron chi connectivity index (χ1n) is 6.46. The summed E-state index contributed by atoms with van der Waals surface area (Å²) >= 11 is 0. The molecule has 0 aliphatic carbocycles. The Morgan fingerprint density at radius 1 is 1.00 bits per heavy atom. The molecule has 0 radical (unpaired) electrons. The molecule has 2 N–H and O–H groups in total. The first kappa shape index (κ1) is 13.7. The van der Waals surface area contributed by atoms with Gasteiger partial charge < -0.3 is 15.1 Å². The van der Waals surface area contributed by atoms with Crippen molar-refractivity contribution in [2.45, 2.75) is 13.3 Å². The van der Waals surface area contributed by atoms with Crippen molar-refractivity contribution < 1.29 is 10.2 Å². The number of para-hydroxylation sites is 2. The minimum Gasteiger partial charge on any atom is -0.396 e. The predicted octanol–water partition coefficient (Wildman–Crippen LogP) is 1.12. The summed E-state index contributed by atoms with van der Waals surface area (Å²) in [4.78, 5) is 11.1. The second kappa shape index (κ2) is 6.45. The lowest BCUT2D eigenvalue weighted by Crippen LogP contribution is -2.30. The second-order valence-corrected chi connectivity index (χ2v) is 4.41. The highest BCUT2D eigenvalue weighted by Gasteiger charge is 2.12. The average molecular weight is 261 g/mol. The van der Waals surface area contributed by atoms with Crippen molar-refractivity contribution in [3.05, 3.63) is 30.0 Å². The van der Waals surface area contributed by atoms with Crippen molar-refractivity contribution in [1.82, 2.24) is 9.97 Å². The molecule has 0 saturated carbocycles. The largest absolute Gasteiger partial charge is 0.396 e. The van der Waals surface area contributed by atoms with Crippen molar-refractivity contribution in [2.75, 3.05) is 31.2 Å². The van der Waals surface area contributed by atoms with E-state index in [0.29, 0.717) is 19.5 Å². The number of aromatic nitrogens is 2. The van der Waals surface area contributed by atoms with Crippen LogP contribution < -0.4 is 4.90 Å². The standard InChI is InChI=1S/C14H19N3O2/c1-11-14(17(8-10-19)7-4-9-18)16-13-6-3-2-5-12(13)15-11/h2-3,5-6,18-19H,4,7-10H2,1H3. The van der Waals surface area contributed by atoms with Gasteiger partial charge in [-0.2, -0.15) is 0 Å². The van der Waals surface area contributed by atoms with E-state index in [1.807, 2.05) is 36.1 Å². The Bertz CT molecular complexity index is 545. The summed E-state index contributed by atoms with van der Waals surface area (Å²) in [7, 11) is 0. The van der Waals surface area contributed by atoms with E-state index in [9.17, 15) is 0 Å². The van der Waals surface area contributed by atoms with Crippen molar-refractivity contribution in [3.8, 4) is 0 Å². The maximum absolute atomic E-state index is 9.15. The van der Waals surface area contributed by atoms with Gasteiger partial charge in [0, 0.05) is 19.7 Å². The molecule has 1 aromatic heterocycles. The van der Waals surface area contributed by atoms with E-state index in [2.05, 4.69) is 9.97 Å². The van der Waals surface area contributed by atoms with Crippen LogP contribution in [-0.2, 0) is 0 Å². The summed E-state index contributed by atoms with van der Waals surface area (Å²) in [5.74, 6) is 0.779. The van der Waals surface area contributed by atoms with Crippen LogP contribution in [0.1, 0.15) is 12.1 Å². The molecule has 0 atom stereocenters. The number of aliphatic hydroxyl groups is 2. The molecule has 0 unspecified atom stereocenters. The number of hydrogen-bond acceptors (Lipinski definition) is 5. The molecular formula is C14H19N3O2. The third-order valence-electron chi connectivity index (χ3n) is 2.98. The predicted molar refractivity (Wildman–Crippen MR) is 75.3 cm³/mol. The Labute approximate surface area is 112 Å². The molecule has 19 heavy (non-hydrogen) atoms. The SMILES string of the molecule is Cc1nc2ccccc2nc1N(CCO)CCCO. The van der Waals surface area contributed by atoms with E-state index in [1.54, 1.807) is 0 Å². The van der Waals surface area contributed by atoms with Crippen LogP contribution in [0.2, 0.25) is 0 Å². The van der Waals surface area contributed by atoms with E-state index in [4.69, 9.17) is 10.2 Å². The first-order chi connectivity index (χ1) is 9.26. The summed E-state index contributed by atoms with van der Waals surface area (Å²) in [6.07, 6.45) is 0.647. The lowest BCUT2D eigenvalue weighted by atomic mass is 10.2. The molecular weight excluding hydrogens is 242 g/mol. The molecule has 0 amide bonds. The van der Waals surface area contributed by atoms with Gasteiger partial charge in [0.1, 0.15) is 0 Å². The number of fused-ring (bicyclic) bond motifs is 1. The first-order valence-corrected chi connectivity index (χ1v) is 6.46. The summed E-state index contributed by atoms with van der Waals surface area (Å²) in [6, 6.07) is 7.73. The summed E-state index contributed by atoms with van der Waals surface area (Å²) in [6.45, 7) is 3.25. The van der Waals surface area contributed by atoms with Crippen LogP contribution >= 0.6 is 0 Å². The average Bonchev–Trinajstić information content (AvgIpc) is 2.43. The molecule has 0 aliphatic heterocycles. The van der Waals surface area contributed by atoms with Gasteiger partial charge >= 0.3 is 0 Å². The van der Waals surface area contributed by atoms with Crippen molar-refractivity contribution >= 4 is 16.9 Å². The van der Waals surface area contributed by atoms with Gasteiger partial charge in [-0.05, 0) is 25.5 Å². The van der Waals surface area contributed by atoms with Crippen LogP contribution in [0, 0.1) is 6.92 Å². The van der Waals surface area contributed by atoms with Gasteiger partial charge in [-0.15, -0.1) is 0 Å². The molecule has 0 saturated heterocycles. The molecule has 102 valence electrons. The number of anilines is 1. The molecule has 1 aromatic carbocycles. The second-order valence-electron chi connectivity index (χ2n) is 4.41. The molecule has 5 heteroatoms. The molecule has 0 aliphatic rings. The van der Waals surface area contributed by atoms with Crippen LogP contribution in [0.4, 0.5) is 5.82 Å². The summed E-state index contributed by atoms with van der Waals surface area (Å²) in [5.41, 5.74) is 2.55. The van der Waals surface area contributed by atoms with Gasteiger partial charge in [0.15, 0.2) is 5.82 Å². The van der Waals surface area contributed by atoms with E-state index in [0.717, 1.165) is 22.5 Å². The van der Waals surface area contributed by atoms with Gasteiger partial charge in [0.25, 0.3) is 0 Å². The number of benzene rings is 1. The monoisotopic (exact) mass is 261 g/mol. The van der Waals surface area contributed by atoms with Crippen LogP contribution in [0.3, 0.4) is 0 Å². The fraction of sp³-hybridized carbons (Fsp3) is 0.429. The molecule has 2 rings (SSSR count). The molecule has 1 heterocycles. The van der Waals surface area contributed by atoms with E-state index >= 15 is 0 Å². The van der Waals surface area contributed by atoms with Crippen molar-refractivity contribution in [1.29, 1.82) is 0 Å². The topological polar surface area (TPSA) is 69.5 Å². The smallest absolute Gasteiger partial charge is 0.150 e. The zero-order chi connectivity index (χ0) is 13.7. The Morgan fingerprint density at radius 3 is 2.32 bits per heavy atom. The van der Waals surface area contributed by atoms with Crippen LogP contribution in [0.5, 0.6) is 0 Å². The molecule has 2 aromatic rings. The van der Waals surface area contributed by atoms with E-state index < -0.39 is 0 Å². The number of hydrogen-bond donors (Lipinski definition) is 2. The van der Waals surface area contributed by atoms with Crippen molar-refractivity contribution in [2.24, 2.45) is 0 Å². The van der Waals surface area contributed by atoms with E-state index in [1.165, 1.54) is 0 Å². The highest BCUT2D eigenvalue weighted by Crippen LogP contribution is 2.19. The fourth-order valence-corrected chi connectivity index (χ4v) is 2.08. The molecule has 0 bridgehead atoms. The Balaban J connectivity index is 2.37. The maximum atomic E-state index is 9.15. The van der Waals surface area contributed by atoms with Gasteiger partial charge in [0.2, 0.25) is 0 Å². The van der Waals surface area contributed by atoms with Crippen LogP contribution in [0.15, 0.2) is 24.3 Å². The number of aryl methyl sites for hydroxylation is 1. The van der Waals surface area contributed by atoms with Crippen molar-refractivity contribution in [3.63, 3.8) is 0 Å². The third-order valence-corrected chi connectivity index (χ3v) is 2.98. The summed E-state index contributed by atoms with van der Waals surface area (Å²) < 4.78 is 0. The Hall–Kier alpha value is -1.72. The molecule has 5 nitrogen and oxygen atoms in total. The third kappa shape index (κ3) is 3.19. The number of nitrogens with zero attached hydrogens (tertiary/aromatic N) is 3. The maximum Gasteiger partial charge on any atom is 0.150 e. The van der Waals surface area contributed by atoms with E-state index in [-0.39, 0.29) is 13.2 Å². The zero-order valence-corrected chi connectivity index (χ0v) is 11.1. The van der Waals surface area contributed by atoms with Crippen LogP contribution in [-0.4, -0.2) is 46.5 Å². The molecule has 0 spiro atoms. The highest BCUT2D eigenvalue weighted by molar-refractivity contribution is 5.76. The van der Waals surface area contributed by atoms with Gasteiger partial charge in [-0.3, -0.25) is 0 Å². The lowest BCUT2D eigenvalue weighted by Gasteiger charge is -2.24. The van der Waals surface area contributed by atoms with Gasteiger partial charge in [-0.25, -0.2) is 9.97 Å².